The van der Waals surface area contributed by atoms with Crippen molar-refractivity contribution in [3.05, 3.63) is 160 Å². The highest BCUT2D eigenvalue weighted by molar-refractivity contribution is 6.09. The van der Waals surface area contributed by atoms with Crippen LogP contribution in [0.25, 0.3) is 44.3 Å². The highest BCUT2D eigenvalue weighted by Gasteiger charge is 2.38. The van der Waals surface area contributed by atoms with E-state index in [-0.39, 0.29) is 50.9 Å². The Kier molecular flexibility index (Phi) is 20.0. The molecule has 1 aliphatic carbocycles. The van der Waals surface area contributed by atoms with Crippen molar-refractivity contribution in [1.29, 1.82) is 0 Å². The Morgan fingerprint density at radius 1 is 0.744 bits per heavy atom. The number of ether oxygens (including phenoxy) is 3. The van der Waals surface area contributed by atoms with Crippen molar-refractivity contribution in [2.24, 2.45) is 0 Å². The molecular formula is C59H50F8N8O15. The van der Waals surface area contributed by atoms with Crippen LogP contribution < -0.4 is 36.7 Å². The van der Waals surface area contributed by atoms with Gasteiger partial charge in [0.05, 0.1) is 56.3 Å². The Labute approximate surface area is 501 Å². The average Bonchev–Trinajstić information content (AvgIpc) is 0.904. The summed E-state index contributed by atoms with van der Waals surface area (Å²) in [6.07, 6.45) is -10.8. The number of Topliss-reactive ketones (excluding diaryl/α,β-unsaturated/α-hetero) is 1. The molecule has 4 amide bonds. The largest absolute Gasteiger partial charge is 0.505 e. The highest BCUT2D eigenvalue weighted by Crippen LogP contribution is 2.43. The number of benzene rings is 5. The number of ketones is 1. The van der Waals surface area contributed by atoms with Gasteiger partial charge >= 0.3 is 30.4 Å². The summed E-state index contributed by atoms with van der Waals surface area (Å²) in [7, 11) is 2.01. The van der Waals surface area contributed by atoms with Crippen molar-refractivity contribution in [1.82, 2.24) is 41.1 Å². The first-order valence-electron chi connectivity index (χ1n) is 26.6. The fourth-order valence-corrected chi connectivity index (χ4v) is 9.49. The normalized spacial score (nSPS) is 13.0. The second-order valence-electron chi connectivity index (χ2n) is 19.9. The predicted molar refractivity (Wildman–Crippen MR) is 297 cm³/mol. The van der Waals surface area contributed by atoms with Gasteiger partial charge in [-0.2, -0.15) is 13.2 Å². The third-order valence-electron chi connectivity index (χ3n) is 14.0. The molecule has 2 aliphatic rings. The summed E-state index contributed by atoms with van der Waals surface area (Å²) in [6.45, 7) is -1.51. The summed E-state index contributed by atoms with van der Waals surface area (Å²) in [4.78, 5) is 128. The van der Waals surface area contributed by atoms with Crippen molar-refractivity contribution in [3.63, 3.8) is 0 Å². The number of H-pyrrole nitrogens is 1. The summed E-state index contributed by atoms with van der Waals surface area (Å²) in [6, 6.07) is 8.25. The van der Waals surface area contributed by atoms with Crippen LogP contribution in [0.1, 0.15) is 56.8 Å². The summed E-state index contributed by atoms with van der Waals surface area (Å²) in [5.74, 6) is -12.6. The van der Waals surface area contributed by atoms with Crippen LogP contribution in [0.5, 0.6) is 11.5 Å². The third kappa shape index (κ3) is 15.5. The number of nitrogens with one attached hydrogen (secondary N) is 6. The van der Waals surface area contributed by atoms with Gasteiger partial charge < -0.3 is 55.1 Å². The lowest BCUT2D eigenvalue weighted by Gasteiger charge is -2.26. The molecule has 1 aliphatic heterocycles. The average molecular weight is 1260 g/mol. The number of carbonyl (C=O) groups is 8. The number of nitrogens with zero attached hydrogens (tertiary/aromatic N) is 2. The lowest BCUT2D eigenvalue weighted by molar-refractivity contribution is -0.200. The molecule has 0 spiro atoms. The van der Waals surface area contributed by atoms with Crippen LogP contribution in [0.2, 0.25) is 0 Å². The number of para-hydroxylation sites is 1. The standard InChI is InChI=1S/C59H50F8N8O15/c1-87-50(79)13-12-40(54(82)74-43(17-31-23-68-26-69-31)56(84)73-41(20-51(80)88-2)47(78)25-89-32-6-4-3-5-7-32)72-55(83)42(15-29-24-75(59(65,66)67)44-16-30(58(62,63)64)9-11-33(29)44)70-27-71-53(81)28-8-10-34(35(14-28)57(85)86)52-36-18-38(60)45(76)21-48(36)90-49-22-46(77)39(61)19-37(49)52/h3-11,14,16,18-19,21-24,26,40-43,70,76H,12-13,15,17,20,25,27H2,1-2H3,(H,68,69)(H,71,81)(H,72,83)(H,73,84)(H,74,82)(H,85,86). The Balaban J connectivity index is 1.11. The molecule has 4 atom stereocenters. The molecule has 4 aromatic carbocycles. The number of esters is 2. The maximum atomic E-state index is 14.9. The highest BCUT2D eigenvalue weighted by atomic mass is 19.4. The zero-order chi connectivity index (χ0) is 65.4. The number of methoxy groups -OCH3 is 2. The number of phenols is 1. The number of rotatable bonds is 25. The van der Waals surface area contributed by atoms with E-state index in [0.29, 0.717) is 18.3 Å². The number of hydrogen-bond donors (Lipinski definition) is 8. The summed E-state index contributed by atoms with van der Waals surface area (Å²) in [5, 5.41) is 32.1. The first-order valence-corrected chi connectivity index (χ1v) is 26.6. The van der Waals surface area contributed by atoms with E-state index in [1.165, 1.54) is 24.7 Å². The minimum atomic E-state index is -5.35. The Morgan fingerprint density at radius 3 is 2.10 bits per heavy atom. The molecule has 8 N–H and O–H groups in total. The van der Waals surface area contributed by atoms with Crippen LogP contribution in [0.4, 0.5) is 35.1 Å². The minimum Gasteiger partial charge on any atom is -0.505 e. The molecule has 90 heavy (non-hydrogen) atoms. The molecular weight excluding hydrogens is 1210 g/mol. The SMILES string of the molecule is COC(=O)CCC(NC(=O)C(Cc1cn(C(F)(F)F)c2cc(C(F)(F)F)ccc12)NCNC(=O)c1ccc(-c2c3cc(F)c(=O)cc-3oc3cc(O)c(F)cc23)c(C(=O)O)c1)C(=O)NC(Cc1cnc[nH]1)C(=O)NC(CC(=O)OC)C(=O)COc1ccccc1. The molecule has 3 heterocycles. The van der Waals surface area contributed by atoms with E-state index in [2.05, 4.69) is 36.6 Å². The van der Waals surface area contributed by atoms with Gasteiger partial charge in [0.15, 0.2) is 23.2 Å². The van der Waals surface area contributed by atoms with Crippen molar-refractivity contribution < 1.29 is 102 Å². The van der Waals surface area contributed by atoms with Crippen LogP contribution in [-0.2, 0) is 63.6 Å². The van der Waals surface area contributed by atoms with Crippen molar-refractivity contribution in [2.75, 3.05) is 27.5 Å². The first kappa shape index (κ1) is 65.3. The second kappa shape index (κ2) is 27.5. The monoisotopic (exact) mass is 1260 g/mol. The van der Waals surface area contributed by atoms with Gasteiger partial charge in [-0.1, -0.05) is 30.3 Å². The van der Waals surface area contributed by atoms with E-state index in [1.807, 2.05) is 0 Å². The number of carboxylic acid groups (broad SMARTS) is 1. The van der Waals surface area contributed by atoms with E-state index in [0.717, 1.165) is 56.7 Å². The summed E-state index contributed by atoms with van der Waals surface area (Å²) in [5.41, 5.74) is -5.97. The number of phenolic OH excluding ortho intramolecular Hbond substituents is 1. The number of imidazole rings is 1. The number of carbonyl (C=O) groups excluding carboxylic acids is 7. The van der Waals surface area contributed by atoms with Gasteiger partial charge in [-0.25, -0.2) is 18.6 Å². The van der Waals surface area contributed by atoms with E-state index >= 15 is 0 Å². The fraction of sp³-hybridized carbons (Fsp3) is 0.254. The smallest absolute Gasteiger partial charge is 0.488 e. The van der Waals surface area contributed by atoms with Gasteiger partial charge in [0.1, 0.15) is 41.8 Å². The Bertz CT molecular complexity index is 4080. The number of alkyl halides is 6. The number of hydrogen-bond acceptors (Lipinski definition) is 16. The lowest BCUT2D eigenvalue weighted by atomic mass is 9.89. The zero-order valence-corrected chi connectivity index (χ0v) is 46.8. The molecule has 0 bridgehead atoms. The topological polar surface area (TPSA) is 329 Å². The summed E-state index contributed by atoms with van der Waals surface area (Å²) < 4.78 is 135. The molecule has 472 valence electrons. The molecule has 0 saturated carbocycles. The lowest BCUT2D eigenvalue weighted by Crippen LogP contribution is -2.59. The number of aromatic carboxylic acids is 1. The van der Waals surface area contributed by atoms with Crippen LogP contribution in [0.15, 0.2) is 119 Å². The first-order chi connectivity index (χ1) is 42.6. The van der Waals surface area contributed by atoms with Gasteiger partial charge in [0.2, 0.25) is 23.2 Å². The maximum absolute atomic E-state index is 14.9. The molecule has 4 unspecified atom stereocenters. The molecule has 0 radical (unpaired) electrons. The van der Waals surface area contributed by atoms with Crippen LogP contribution in [-0.4, -0.2) is 124 Å². The zero-order valence-electron chi connectivity index (χ0n) is 46.8. The molecule has 8 rings (SSSR count). The fourth-order valence-electron chi connectivity index (χ4n) is 9.49. The van der Waals surface area contributed by atoms with Crippen LogP contribution in [0.3, 0.4) is 0 Å². The predicted octanol–water partition coefficient (Wildman–Crippen LogP) is 6.17. The Hall–Kier alpha value is -10.7. The van der Waals surface area contributed by atoms with E-state index in [4.69, 9.17) is 18.6 Å². The van der Waals surface area contributed by atoms with Crippen molar-refractivity contribution in [3.8, 4) is 33.9 Å². The van der Waals surface area contributed by atoms with E-state index < -0.39 is 190 Å². The van der Waals surface area contributed by atoms with Crippen LogP contribution in [0, 0.1) is 11.6 Å². The molecule has 6 aromatic rings. The number of aromatic amines is 1. The van der Waals surface area contributed by atoms with E-state index in [9.17, 15) is 88.5 Å². The quantitative estimate of drug-likeness (QED) is 0.0137. The van der Waals surface area contributed by atoms with Gasteiger partial charge in [-0.05, 0) is 72.5 Å². The molecule has 0 saturated heterocycles. The molecule has 31 heteroatoms. The van der Waals surface area contributed by atoms with Crippen LogP contribution >= 0.6 is 0 Å². The molecule has 23 nitrogen and oxygen atoms in total. The van der Waals surface area contributed by atoms with E-state index in [1.54, 1.807) is 18.2 Å². The number of fused-ring (bicyclic) bond motifs is 3. The molecule has 0 fully saturated rings. The summed E-state index contributed by atoms with van der Waals surface area (Å²) >= 11 is 0. The number of aromatic nitrogens is 3. The number of halogens is 8. The van der Waals surface area contributed by atoms with Gasteiger partial charge in [-0.15, -0.1) is 13.2 Å². The van der Waals surface area contributed by atoms with Crippen molar-refractivity contribution >= 4 is 69.2 Å². The maximum Gasteiger partial charge on any atom is 0.488 e. The minimum absolute atomic E-state index is 0.209. The number of aromatic hydroxyl groups is 1. The molecule has 2 aromatic heterocycles. The van der Waals surface area contributed by atoms with Crippen molar-refractivity contribution in [2.45, 2.75) is 68.7 Å². The van der Waals surface area contributed by atoms with Gasteiger partial charge in [-0.3, -0.25) is 48.2 Å². The van der Waals surface area contributed by atoms with Gasteiger partial charge in [0.25, 0.3) is 5.91 Å². The third-order valence-corrected chi connectivity index (χ3v) is 14.0. The number of amides is 4. The second-order valence-corrected chi connectivity index (χ2v) is 19.9. The Morgan fingerprint density at radius 2 is 1.43 bits per heavy atom. The number of carboxylic acids is 1. The van der Waals surface area contributed by atoms with Gasteiger partial charge in [0, 0.05) is 70.5 Å².